The Kier molecular flexibility index (Phi) is 5.23. The number of carbonyl (C=O) groups excluding carboxylic acids is 1. The molecule has 1 aliphatic rings. The van der Waals surface area contributed by atoms with Gasteiger partial charge in [-0.3, -0.25) is 4.79 Å². The lowest BCUT2D eigenvalue weighted by atomic mass is 10.1. The number of amides is 1. The number of nitrogens with one attached hydrogen (secondary N) is 1. The summed E-state index contributed by atoms with van der Waals surface area (Å²) in [6.45, 7) is 3.66. The van der Waals surface area contributed by atoms with E-state index in [2.05, 4.69) is 10.2 Å². The summed E-state index contributed by atoms with van der Waals surface area (Å²) < 4.78 is 5.50. The Labute approximate surface area is 123 Å². The van der Waals surface area contributed by atoms with Gasteiger partial charge in [-0.1, -0.05) is 11.6 Å². The van der Waals surface area contributed by atoms with Crippen LogP contribution < -0.4 is 5.32 Å². The van der Waals surface area contributed by atoms with Crippen LogP contribution >= 0.6 is 11.6 Å². The minimum absolute atomic E-state index is 0.107. The number of likely N-dealkylation sites (N-methyl/N-ethyl adjacent to an activating group) is 1. The zero-order valence-electron chi connectivity index (χ0n) is 11.4. The largest absolute Gasteiger partial charge is 0.507 e. The lowest BCUT2D eigenvalue weighted by Crippen LogP contribution is -2.35. The standard InChI is InChI=1S/C14H19ClN2O3/c1-17-4-5-20-9-10(8-17)7-16-14(19)12-3-2-11(15)6-13(12)18/h2-3,6,10,18H,4-5,7-9H2,1H3,(H,16,19)/t10-/m0/s1. The Morgan fingerprint density at radius 1 is 1.60 bits per heavy atom. The topological polar surface area (TPSA) is 61.8 Å². The molecule has 1 heterocycles. The Morgan fingerprint density at radius 2 is 2.40 bits per heavy atom. The normalized spacial score (nSPS) is 20.4. The molecule has 0 aromatic heterocycles. The minimum Gasteiger partial charge on any atom is -0.507 e. The minimum atomic E-state index is -0.300. The summed E-state index contributed by atoms with van der Waals surface area (Å²) in [4.78, 5) is 14.2. The van der Waals surface area contributed by atoms with Crippen molar-refractivity contribution in [2.45, 2.75) is 0 Å². The Balaban J connectivity index is 1.91. The fraction of sp³-hybridized carbons (Fsp3) is 0.500. The van der Waals surface area contributed by atoms with Crippen molar-refractivity contribution in [2.24, 2.45) is 5.92 Å². The van der Waals surface area contributed by atoms with Gasteiger partial charge in [0.2, 0.25) is 0 Å². The fourth-order valence-corrected chi connectivity index (χ4v) is 2.37. The number of benzene rings is 1. The quantitative estimate of drug-likeness (QED) is 0.884. The SMILES string of the molecule is CN1CCOC[C@@H](CNC(=O)c2ccc(Cl)cc2O)C1. The van der Waals surface area contributed by atoms with Gasteiger partial charge in [0.15, 0.2) is 0 Å². The molecule has 6 heteroatoms. The summed E-state index contributed by atoms with van der Waals surface area (Å²) in [6, 6.07) is 4.46. The van der Waals surface area contributed by atoms with E-state index in [1.54, 1.807) is 6.07 Å². The molecule has 2 rings (SSSR count). The summed E-state index contributed by atoms with van der Waals surface area (Å²) in [5.41, 5.74) is 0.234. The summed E-state index contributed by atoms with van der Waals surface area (Å²) in [5.74, 6) is -0.156. The zero-order chi connectivity index (χ0) is 14.5. The van der Waals surface area contributed by atoms with Gasteiger partial charge in [0.05, 0.1) is 18.8 Å². The van der Waals surface area contributed by atoms with Crippen molar-refractivity contribution < 1.29 is 14.6 Å². The average molecular weight is 299 g/mol. The highest BCUT2D eigenvalue weighted by Gasteiger charge is 2.18. The third-order valence-electron chi connectivity index (χ3n) is 3.30. The molecule has 1 aliphatic heterocycles. The first-order valence-corrected chi connectivity index (χ1v) is 6.97. The molecule has 0 spiro atoms. The fourth-order valence-electron chi connectivity index (χ4n) is 2.21. The molecule has 0 unspecified atom stereocenters. The Bertz CT molecular complexity index is 481. The van der Waals surface area contributed by atoms with Crippen LogP contribution in [0.25, 0.3) is 0 Å². The molecule has 0 radical (unpaired) electrons. The number of hydrogen-bond donors (Lipinski definition) is 2. The van der Waals surface area contributed by atoms with Gasteiger partial charge in [-0.25, -0.2) is 0 Å². The van der Waals surface area contributed by atoms with E-state index < -0.39 is 0 Å². The number of carbonyl (C=O) groups is 1. The van der Waals surface area contributed by atoms with E-state index in [1.807, 2.05) is 7.05 Å². The monoisotopic (exact) mass is 298 g/mol. The first kappa shape index (κ1) is 15.1. The molecule has 0 bridgehead atoms. The lowest BCUT2D eigenvalue weighted by molar-refractivity contribution is 0.0919. The molecule has 1 fully saturated rings. The second kappa shape index (κ2) is 6.92. The molecular formula is C14H19ClN2O3. The molecule has 1 saturated heterocycles. The van der Waals surface area contributed by atoms with Crippen LogP contribution in [-0.4, -0.2) is 55.8 Å². The predicted molar refractivity (Wildman–Crippen MR) is 77.3 cm³/mol. The van der Waals surface area contributed by atoms with Crippen molar-refractivity contribution in [1.29, 1.82) is 0 Å². The molecule has 2 N–H and O–H groups in total. The summed E-state index contributed by atoms with van der Waals surface area (Å²) in [5, 5.41) is 12.9. The average Bonchev–Trinajstić information content (AvgIpc) is 2.60. The molecule has 1 amide bonds. The van der Waals surface area contributed by atoms with Crippen molar-refractivity contribution in [3.8, 4) is 5.75 Å². The van der Waals surface area contributed by atoms with E-state index in [0.717, 1.165) is 19.7 Å². The highest BCUT2D eigenvalue weighted by Crippen LogP contribution is 2.21. The summed E-state index contributed by atoms with van der Waals surface area (Å²) in [7, 11) is 2.04. The van der Waals surface area contributed by atoms with Crippen LogP contribution in [-0.2, 0) is 4.74 Å². The third kappa shape index (κ3) is 4.10. The van der Waals surface area contributed by atoms with Crippen molar-refractivity contribution in [1.82, 2.24) is 10.2 Å². The van der Waals surface area contributed by atoms with E-state index in [4.69, 9.17) is 16.3 Å². The van der Waals surface area contributed by atoms with Gasteiger partial charge in [0.1, 0.15) is 5.75 Å². The van der Waals surface area contributed by atoms with E-state index in [9.17, 15) is 9.90 Å². The number of aromatic hydroxyl groups is 1. The van der Waals surface area contributed by atoms with Gasteiger partial charge >= 0.3 is 0 Å². The van der Waals surface area contributed by atoms with Crippen molar-refractivity contribution in [3.63, 3.8) is 0 Å². The number of rotatable bonds is 3. The maximum absolute atomic E-state index is 12.0. The van der Waals surface area contributed by atoms with Crippen molar-refractivity contribution in [3.05, 3.63) is 28.8 Å². The molecule has 1 aromatic carbocycles. The van der Waals surface area contributed by atoms with Crippen LogP contribution in [0.5, 0.6) is 5.75 Å². The first-order chi connectivity index (χ1) is 9.56. The number of halogens is 1. The van der Waals surface area contributed by atoms with E-state index in [0.29, 0.717) is 18.2 Å². The van der Waals surface area contributed by atoms with Crippen LogP contribution in [0.15, 0.2) is 18.2 Å². The zero-order valence-corrected chi connectivity index (χ0v) is 12.2. The second-order valence-electron chi connectivity index (χ2n) is 5.07. The van der Waals surface area contributed by atoms with Crippen molar-refractivity contribution >= 4 is 17.5 Å². The van der Waals surface area contributed by atoms with Gasteiger partial charge in [-0.2, -0.15) is 0 Å². The molecule has 1 aromatic rings. The molecule has 5 nitrogen and oxygen atoms in total. The Morgan fingerprint density at radius 3 is 3.15 bits per heavy atom. The maximum Gasteiger partial charge on any atom is 0.255 e. The van der Waals surface area contributed by atoms with Crippen LogP contribution in [0.2, 0.25) is 5.02 Å². The van der Waals surface area contributed by atoms with Gasteiger partial charge in [0.25, 0.3) is 5.91 Å². The first-order valence-electron chi connectivity index (χ1n) is 6.59. The number of phenols is 1. The lowest BCUT2D eigenvalue weighted by Gasteiger charge is -2.19. The highest BCUT2D eigenvalue weighted by molar-refractivity contribution is 6.30. The van der Waals surface area contributed by atoms with Gasteiger partial charge in [-0.05, 0) is 25.2 Å². The van der Waals surface area contributed by atoms with Gasteiger partial charge < -0.3 is 20.1 Å². The number of hydrogen-bond acceptors (Lipinski definition) is 4. The highest BCUT2D eigenvalue weighted by atomic mass is 35.5. The molecular weight excluding hydrogens is 280 g/mol. The summed E-state index contributed by atoms with van der Waals surface area (Å²) in [6.07, 6.45) is 0. The number of phenolic OH excluding ortho intramolecular Hbond substituents is 1. The van der Waals surface area contributed by atoms with Gasteiger partial charge in [-0.15, -0.1) is 0 Å². The van der Waals surface area contributed by atoms with Crippen molar-refractivity contribution in [2.75, 3.05) is 39.9 Å². The number of ether oxygens (including phenoxy) is 1. The van der Waals surface area contributed by atoms with E-state index in [-0.39, 0.29) is 23.1 Å². The third-order valence-corrected chi connectivity index (χ3v) is 3.53. The summed E-state index contributed by atoms with van der Waals surface area (Å²) >= 11 is 5.74. The van der Waals surface area contributed by atoms with E-state index >= 15 is 0 Å². The maximum atomic E-state index is 12.0. The van der Waals surface area contributed by atoms with E-state index in [1.165, 1.54) is 12.1 Å². The second-order valence-corrected chi connectivity index (χ2v) is 5.51. The van der Waals surface area contributed by atoms with Crippen LogP contribution in [0.4, 0.5) is 0 Å². The molecule has 1 atom stereocenters. The molecule has 0 saturated carbocycles. The van der Waals surface area contributed by atoms with Crippen LogP contribution in [0.3, 0.4) is 0 Å². The molecule has 20 heavy (non-hydrogen) atoms. The molecule has 110 valence electrons. The smallest absolute Gasteiger partial charge is 0.255 e. The molecule has 0 aliphatic carbocycles. The van der Waals surface area contributed by atoms with Gasteiger partial charge in [0, 0.05) is 30.6 Å². The Hall–Kier alpha value is -1.30. The van der Waals surface area contributed by atoms with Crippen LogP contribution in [0, 0.1) is 5.92 Å². The predicted octanol–water partition coefficient (Wildman–Crippen LogP) is 1.35. The van der Waals surface area contributed by atoms with Crippen LogP contribution in [0.1, 0.15) is 10.4 Å². The number of nitrogens with zero attached hydrogens (tertiary/aromatic N) is 1.